The van der Waals surface area contributed by atoms with Crippen LogP contribution in [0.4, 0.5) is 0 Å². The van der Waals surface area contributed by atoms with E-state index >= 15 is 0 Å². The number of fused-ring (bicyclic) bond motifs is 1. The monoisotopic (exact) mass is 482 g/mol. The Balaban J connectivity index is 1.71. The predicted molar refractivity (Wildman–Crippen MR) is 115 cm³/mol. The van der Waals surface area contributed by atoms with Gasteiger partial charge in [0.1, 0.15) is 17.1 Å². The van der Waals surface area contributed by atoms with Crippen molar-refractivity contribution in [1.82, 2.24) is 10.2 Å². The van der Waals surface area contributed by atoms with Crippen LogP contribution in [-0.4, -0.2) is 53.5 Å². The molecule has 2 heterocycles. The Morgan fingerprint density at radius 2 is 1.96 bits per heavy atom. The van der Waals surface area contributed by atoms with E-state index in [1.807, 2.05) is 50.0 Å². The zero-order valence-electron chi connectivity index (χ0n) is 16.0. The minimum Gasteiger partial charge on any atom is -0.515 e. The highest BCUT2D eigenvalue weighted by Gasteiger charge is 2.54. The number of carbonyl (C=O) groups excluding carboxylic acids is 3. The van der Waals surface area contributed by atoms with Crippen molar-refractivity contribution in [2.45, 2.75) is 37.5 Å². The summed E-state index contributed by atoms with van der Waals surface area (Å²) in [6.07, 6.45) is 0.217. The fourth-order valence-electron chi connectivity index (χ4n) is 3.11. The second kappa shape index (κ2) is 8.42. The minimum absolute atomic E-state index is 0.203. The molecule has 0 aromatic heterocycles. The molecule has 28 heavy (non-hydrogen) atoms. The van der Waals surface area contributed by atoms with Crippen LogP contribution < -0.4 is 5.32 Å². The fraction of sp³-hybridized carbons (Fsp3) is 0.421. The zero-order chi connectivity index (χ0) is 20.5. The average Bonchev–Trinajstić information content (AvgIpc) is 2.64. The number of rotatable bonds is 6. The number of nitrogens with zero attached hydrogens (tertiary/aromatic N) is 1. The van der Waals surface area contributed by atoms with Crippen LogP contribution in [0.5, 0.6) is 0 Å². The van der Waals surface area contributed by atoms with Crippen molar-refractivity contribution < 1.29 is 18.8 Å². The van der Waals surface area contributed by atoms with E-state index in [1.165, 1.54) is 4.90 Å². The molecule has 0 radical (unpaired) electrons. The van der Waals surface area contributed by atoms with Crippen LogP contribution in [0, 0.1) is 0 Å². The summed E-state index contributed by atoms with van der Waals surface area (Å²) in [6.45, 7) is 5.79. The SMILES string of the molecule is C[Si](C)(C)OC(=O)C1=C(CBr)CS[C@H]2[C@H](NC(=O)Cc3ccccc3)C(=O)N12. The summed E-state index contributed by atoms with van der Waals surface area (Å²) in [7, 11) is -2.10. The zero-order valence-corrected chi connectivity index (χ0v) is 19.4. The van der Waals surface area contributed by atoms with Crippen molar-refractivity contribution in [1.29, 1.82) is 0 Å². The van der Waals surface area contributed by atoms with Crippen LogP contribution in [0.25, 0.3) is 0 Å². The summed E-state index contributed by atoms with van der Waals surface area (Å²) >= 11 is 4.96. The molecule has 2 aliphatic rings. The molecular formula is C19H23BrN2O4SSi. The van der Waals surface area contributed by atoms with Gasteiger partial charge in [0.15, 0.2) is 0 Å². The van der Waals surface area contributed by atoms with Gasteiger partial charge in [-0.05, 0) is 30.8 Å². The predicted octanol–water partition coefficient (Wildman–Crippen LogP) is 2.66. The first-order chi connectivity index (χ1) is 13.2. The molecule has 6 nitrogen and oxygen atoms in total. The number of hydrogen-bond donors (Lipinski definition) is 1. The summed E-state index contributed by atoms with van der Waals surface area (Å²) in [5, 5.41) is 3.04. The maximum Gasteiger partial charge on any atom is 0.341 e. The van der Waals surface area contributed by atoms with E-state index < -0.39 is 20.3 Å². The Kier molecular flexibility index (Phi) is 6.36. The van der Waals surface area contributed by atoms with Crippen molar-refractivity contribution in [3.05, 3.63) is 47.2 Å². The Labute approximate surface area is 178 Å². The smallest absolute Gasteiger partial charge is 0.341 e. The Bertz CT molecular complexity index is 825. The van der Waals surface area contributed by atoms with E-state index in [4.69, 9.17) is 4.43 Å². The largest absolute Gasteiger partial charge is 0.515 e. The highest BCUT2D eigenvalue weighted by Crippen LogP contribution is 2.41. The van der Waals surface area contributed by atoms with Gasteiger partial charge >= 0.3 is 5.97 Å². The molecule has 1 aromatic carbocycles. The molecule has 0 aliphatic carbocycles. The van der Waals surface area contributed by atoms with Crippen LogP contribution in [0.2, 0.25) is 19.6 Å². The second-order valence-corrected chi connectivity index (χ2v) is 13.8. The van der Waals surface area contributed by atoms with Crippen molar-refractivity contribution in [3.63, 3.8) is 0 Å². The van der Waals surface area contributed by atoms with Gasteiger partial charge in [0.05, 0.1) is 6.42 Å². The molecule has 2 aliphatic heterocycles. The van der Waals surface area contributed by atoms with E-state index in [1.54, 1.807) is 11.8 Å². The standard InChI is InChI=1S/C19H23BrN2O4SSi/c1-28(2,3)26-19(25)16-13(10-20)11-27-18-15(17(24)22(16)18)21-14(23)9-12-7-5-4-6-8-12/h4-8,15,18H,9-11H2,1-3H3,(H,21,23)/t15-,18+/m1/s1. The molecule has 9 heteroatoms. The number of thioether (sulfide) groups is 1. The van der Waals surface area contributed by atoms with Gasteiger partial charge in [-0.25, -0.2) is 4.79 Å². The topological polar surface area (TPSA) is 75.7 Å². The molecule has 0 bridgehead atoms. The maximum absolute atomic E-state index is 12.8. The summed E-state index contributed by atoms with van der Waals surface area (Å²) in [4.78, 5) is 39.4. The number of β-lactam (4-membered cyclic amide) rings is 1. The van der Waals surface area contributed by atoms with E-state index in [-0.39, 0.29) is 23.6 Å². The van der Waals surface area contributed by atoms with Crippen LogP contribution >= 0.6 is 27.7 Å². The summed E-state index contributed by atoms with van der Waals surface area (Å²) in [6, 6.07) is 8.77. The molecule has 150 valence electrons. The lowest BCUT2D eigenvalue weighted by molar-refractivity contribution is -0.150. The van der Waals surface area contributed by atoms with E-state index in [0.717, 1.165) is 11.1 Å². The van der Waals surface area contributed by atoms with Gasteiger partial charge < -0.3 is 9.74 Å². The Morgan fingerprint density at radius 3 is 2.57 bits per heavy atom. The molecule has 0 spiro atoms. The number of hydrogen-bond acceptors (Lipinski definition) is 5. The number of alkyl halides is 1. The van der Waals surface area contributed by atoms with Crippen LogP contribution in [-0.2, 0) is 25.2 Å². The first kappa shape index (κ1) is 21.1. The van der Waals surface area contributed by atoms with Crippen molar-refractivity contribution in [2.24, 2.45) is 0 Å². The number of carbonyl (C=O) groups is 3. The molecular weight excluding hydrogens is 460 g/mol. The van der Waals surface area contributed by atoms with Crippen LogP contribution in [0.1, 0.15) is 5.56 Å². The molecule has 2 amide bonds. The number of halogens is 1. The summed E-state index contributed by atoms with van der Waals surface area (Å²) in [5.41, 5.74) is 2.06. The maximum atomic E-state index is 12.8. The van der Waals surface area contributed by atoms with Crippen LogP contribution in [0.15, 0.2) is 41.6 Å². The summed E-state index contributed by atoms with van der Waals surface area (Å²) < 4.78 is 5.64. The summed E-state index contributed by atoms with van der Waals surface area (Å²) in [5.74, 6) is -0.298. The lowest BCUT2D eigenvalue weighted by atomic mass is 10.0. The quantitative estimate of drug-likeness (QED) is 0.383. The van der Waals surface area contributed by atoms with Gasteiger partial charge in [0.2, 0.25) is 14.2 Å². The van der Waals surface area contributed by atoms with E-state index in [2.05, 4.69) is 21.2 Å². The first-order valence-corrected chi connectivity index (χ1v) is 14.6. The van der Waals surface area contributed by atoms with Crippen molar-refractivity contribution >= 4 is 53.8 Å². The molecule has 1 N–H and O–H groups in total. The molecule has 1 fully saturated rings. The second-order valence-electron chi connectivity index (χ2n) is 7.71. The molecule has 0 saturated carbocycles. The average molecular weight is 483 g/mol. The van der Waals surface area contributed by atoms with Crippen molar-refractivity contribution in [2.75, 3.05) is 11.1 Å². The van der Waals surface area contributed by atoms with Gasteiger partial charge in [0, 0.05) is 11.1 Å². The molecule has 1 aromatic rings. The molecule has 3 rings (SSSR count). The van der Waals surface area contributed by atoms with E-state index in [0.29, 0.717) is 16.8 Å². The van der Waals surface area contributed by atoms with Gasteiger partial charge in [0.25, 0.3) is 5.91 Å². The lowest BCUT2D eigenvalue weighted by Gasteiger charge is -2.50. The third-order valence-corrected chi connectivity index (χ3v) is 7.14. The van der Waals surface area contributed by atoms with Crippen molar-refractivity contribution in [3.8, 4) is 0 Å². The highest BCUT2D eigenvalue weighted by atomic mass is 79.9. The molecule has 1 saturated heterocycles. The first-order valence-electron chi connectivity index (χ1n) is 9.00. The third-order valence-electron chi connectivity index (χ3n) is 4.32. The van der Waals surface area contributed by atoms with Gasteiger partial charge in [-0.2, -0.15) is 0 Å². The fourth-order valence-corrected chi connectivity index (χ4v) is 5.83. The third kappa shape index (κ3) is 4.52. The number of amides is 2. The number of benzene rings is 1. The van der Waals surface area contributed by atoms with Crippen LogP contribution in [0.3, 0.4) is 0 Å². The van der Waals surface area contributed by atoms with Gasteiger partial charge in [-0.1, -0.05) is 46.3 Å². The lowest BCUT2D eigenvalue weighted by Crippen LogP contribution is -2.70. The Morgan fingerprint density at radius 1 is 1.29 bits per heavy atom. The minimum atomic E-state index is -2.10. The Hall–Kier alpha value is -1.58. The van der Waals surface area contributed by atoms with Gasteiger partial charge in [-0.3, -0.25) is 14.5 Å². The van der Waals surface area contributed by atoms with E-state index in [9.17, 15) is 14.4 Å². The normalized spacial score (nSPS) is 21.7. The number of nitrogens with one attached hydrogen (secondary N) is 1. The highest BCUT2D eigenvalue weighted by molar-refractivity contribution is 9.09. The van der Waals surface area contributed by atoms with Gasteiger partial charge in [-0.15, -0.1) is 11.8 Å². The molecule has 2 atom stereocenters. The molecule has 0 unspecified atom stereocenters.